The third-order valence-corrected chi connectivity index (χ3v) is 2.14. The first-order valence-electron chi connectivity index (χ1n) is 5.38. The number of furan rings is 1. The van der Waals surface area contributed by atoms with Gasteiger partial charge in [0.25, 0.3) is 0 Å². The fourth-order valence-corrected chi connectivity index (χ4v) is 1.38. The highest BCUT2D eigenvalue weighted by Crippen LogP contribution is 2.16. The lowest BCUT2D eigenvalue weighted by molar-refractivity contribution is 0.156. The molecule has 0 aliphatic rings. The van der Waals surface area contributed by atoms with Crippen LogP contribution in [0.25, 0.3) is 0 Å². The van der Waals surface area contributed by atoms with Gasteiger partial charge < -0.3 is 24.9 Å². The van der Waals surface area contributed by atoms with Crippen LogP contribution in [0.5, 0.6) is 0 Å². The van der Waals surface area contributed by atoms with Crippen molar-refractivity contribution in [2.75, 3.05) is 26.9 Å². The van der Waals surface area contributed by atoms with Gasteiger partial charge in [-0.1, -0.05) is 0 Å². The summed E-state index contributed by atoms with van der Waals surface area (Å²) < 4.78 is 10.5. The maximum absolute atomic E-state index is 11.4. The van der Waals surface area contributed by atoms with Gasteiger partial charge in [0.15, 0.2) is 0 Å². The number of aliphatic hydroxyl groups is 1. The molecule has 0 radical (unpaired) electrons. The second-order valence-electron chi connectivity index (χ2n) is 3.58. The molecular weight excluding hydrogens is 224 g/mol. The number of carbonyl (C=O) groups excluding carboxylic acids is 1. The molecule has 1 rings (SSSR count). The minimum Gasteiger partial charge on any atom is -0.464 e. The molecular formula is C11H18N2O4. The van der Waals surface area contributed by atoms with Crippen molar-refractivity contribution in [2.24, 2.45) is 0 Å². The van der Waals surface area contributed by atoms with Crippen LogP contribution in [0.15, 0.2) is 16.5 Å². The molecule has 0 aromatic carbocycles. The molecule has 17 heavy (non-hydrogen) atoms. The second-order valence-corrected chi connectivity index (χ2v) is 3.58. The van der Waals surface area contributed by atoms with Gasteiger partial charge in [-0.15, -0.1) is 0 Å². The number of hydrogen-bond acceptors (Lipinski definition) is 4. The van der Waals surface area contributed by atoms with Gasteiger partial charge in [-0.3, -0.25) is 0 Å². The number of hydrogen-bond donors (Lipinski definition) is 3. The van der Waals surface area contributed by atoms with Gasteiger partial charge >= 0.3 is 6.03 Å². The van der Waals surface area contributed by atoms with Crippen molar-refractivity contribution >= 4 is 6.03 Å². The summed E-state index contributed by atoms with van der Waals surface area (Å²) in [7, 11) is 1.55. The van der Waals surface area contributed by atoms with Gasteiger partial charge in [0.1, 0.15) is 17.6 Å². The van der Waals surface area contributed by atoms with Crippen molar-refractivity contribution in [2.45, 2.75) is 13.0 Å². The minimum absolute atomic E-state index is 0.0950. The lowest BCUT2D eigenvalue weighted by atomic mass is 10.2. The Morgan fingerprint density at radius 3 is 2.88 bits per heavy atom. The van der Waals surface area contributed by atoms with Crippen LogP contribution in [0.4, 0.5) is 4.79 Å². The summed E-state index contributed by atoms with van der Waals surface area (Å²) in [5.74, 6) is 1.42. The van der Waals surface area contributed by atoms with Crippen molar-refractivity contribution in [3.05, 3.63) is 23.7 Å². The average molecular weight is 242 g/mol. The van der Waals surface area contributed by atoms with E-state index in [9.17, 15) is 4.79 Å². The first kappa shape index (κ1) is 13.5. The molecule has 0 fully saturated rings. The van der Waals surface area contributed by atoms with Crippen LogP contribution in [-0.4, -0.2) is 38.0 Å². The van der Waals surface area contributed by atoms with Crippen molar-refractivity contribution in [1.29, 1.82) is 0 Å². The molecule has 0 spiro atoms. The van der Waals surface area contributed by atoms with Gasteiger partial charge in [-0.05, 0) is 19.1 Å². The highest BCUT2D eigenvalue weighted by atomic mass is 16.5. The molecule has 3 N–H and O–H groups in total. The Labute approximate surface area is 99.9 Å². The number of amides is 2. The minimum atomic E-state index is -0.366. The standard InChI is InChI=1S/C11H18N2O4/c1-8-3-4-10(17-8)9(7-16-2)13-11(15)12-5-6-14/h3-4,9,14H,5-7H2,1-2H3,(H2,12,13,15). The topological polar surface area (TPSA) is 83.7 Å². The molecule has 1 atom stereocenters. The Bertz CT molecular complexity index is 351. The van der Waals surface area contributed by atoms with E-state index in [4.69, 9.17) is 14.3 Å². The SMILES string of the molecule is COCC(NC(=O)NCCO)c1ccc(C)o1. The molecule has 0 saturated carbocycles. The molecule has 0 bridgehead atoms. The third-order valence-electron chi connectivity index (χ3n) is 2.14. The Morgan fingerprint density at radius 1 is 1.59 bits per heavy atom. The van der Waals surface area contributed by atoms with E-state index in [2.05, 4.69) is 10.6 Å². The molecule has 1 aromatic rings. The first-order valence-corrected chi connectivity index (χ1v) is 5.38. The van der Waals surface area contributed by atoms with E-state index in [-0.39, 0.29) is 25.2 Å². The molecule has 0 aliphatic heterocycles. The fraction of sp³-hybridized carbons (Fsp3) is 0.545. The number of urea groups is 1. The predicted octanol–water partition coefficient (Wildman–Crippen LogP) is 0.567. The summed E-state index contributed by atoms with van der Waals surface area (Å²) >= 11 is 0. The number of nitrogens with one attached hydrogen (secondary N) is 2. The summed E-state index contributed by atoms with van der Waals surface area (Å²) in [4.78, 5) is 11.4. The average Bonchev–Trinajstić information content (AvgIpc) is 2.72. The molecule has 6 heteroatoms. The summed E-state index contributed by atoms with van der Waals surface area (Å²) in [6.45, 7) is 2.27. The van der Waals surface area contributed by atoms with Gasteiger partial charge in [-0.2, -0.15) is 0 Å². The quantitative estimate of drug-likeness (QED) is 0.681. The first-order chi connectivity index (χ1) is 8.17. The van der Waals surface area contributed by atoms with E-state index < -0.39 is 0 Å². The highest BCUT2D eigenvalue weighted by Gasteiger charge is 2.17. The van der Waals surface area contributed by atoms with Crippen LogP contribution in [0.2, 0.25) is 0 Å². The predicted molar refractivity (Wildman–Crippen MR) is 61.7 cm³/mol. The van der Waals surface area contributed by atoms with Gasteiger partial charge in [0.05, 0.1) is 13.2 Å². The molecule has 0 aliphatic carbocycles. The van der Waals surface area contributed by atoms with Crippen LogP contribution in [0, 0.1) is 6.92 Å². The molecule has 1 aromatic heterocycles. The number of carbonyl (C=O) groups is 1. The summed E-state index contributed by atoms with van der Waals surface area (Å²) in [6.07, 6.45) is 0. The van der Waals surface area contributed by atoms with Gasteiger partial charge in [-0.25, -0.2) is 4.79 Å². The Kier molecular flexibility index (Phi) is 5.51. The van der Waals surface area contributed by atoms with Crippen molar-refractivity contribution in [1.82, 2.24) is 10.6 Å². The second kappa shape index (κ2) is 6.93. The zero-order valence-corrected chi connectivity index (χ0v) is 10.0. The van der Waals surface area contributed by atoms with Crippen LogP contribution in [-0.2, 0) is 4.74 Å². The number of ether oxygens (including phenoxy) is 1. The summed E-state index contributed by atoms with van der Waals surface area (Å²) in [6, 6.07) is 2.92. The van der Waals surface area contributed by atoms with Crippen LogP contribution in [0.1, 0.15) is 17.6 Å². The van der Waals surface area contributed by atoms with E-state index in [0.29, 0.717) is 12.4 Å². The largest absolute Gasteiger partial charge is 0.464 e. The van der Waals surface area contributed by atoms with Crippen LogP contribution in [0.3, 0.4) is 0 Å². The number of aliphatic hydroxyl groups excluding tert-OH is 1. The third kappa shape index (κ3) is 4.46. The van der Waals surface area contributed by atoms with E-state index in [0.717, 1.165) is 5.76 Å². The zero-order valence-electron chi connectivity index (χ0n) is 10.0. The molecule has 2 amide bonds. The summed E-state index contributed by atoms with van der Waals surface area (Å²) in [5, 5.41) is 13.8. The Morgan fingerprint density at radius 2 is 2.35 bits per heavy atom. The molecule has 96 valence electrons. The molecule has 6 nitrogen and oxygen atoms in total. The van der Waals surface area contributed by atoms with Crippen molar-refractivity contribution < 1.29 is 19.1 Å². The molecule has 0 saturated heterocycles. The monoisotopic (exact) mass is 242 g/mol. The zero-order chi connectivity index (χ0) is 12.7. The Hall–Kier alpha value is -1.53. The van der Waals surface area contributed by atoms with Crippen LogP contribution >= 0.6 is 0 Å². The van der Waals surface area contributed by atoms with Gasteiger partial charge in [0.2, 0.25) is 0 Å². The fourth-order valence-electron chi connectivity index (χ4n) is 1.38. The maximum atomic E-state index is 11.4. The number of rotatable bonds is 6. The highest BCUT2D eigenvalue weighted by molar-refractivity contribution is 5.74. The Balaban J connectivity index is 2.57. The van der Waals surface area contributed by atoms with Crippen molar-refractivity contribution in [3.8, 4) is 0 Å². The van der Waals surface area contributed by atoms with E-state index in [1.807, 2.05) is 13.0 Å². The molecule has 1 unspecified atom stereocenters. The van der Waals surface area contributed by atoms with Gasteiger partial charge in [0, 0.05) is 13.7 Å². The maximum Gasteiger partial charge on any atom is 0.315 e. The van der Waals surface area contributed by atoms with E-state index in [1.165, 1.54) is 0 Å². The number of methoxy groups -OCH3 is 1. The van der Waals surface area contributed by atoms with E-state index >= 15 is 0 Å². The number of aryl methyl sites for hydroxylation is 1. The smallest absolute Gasteiger partial charge is 0.315 e. The lowest BCUT2D eigenvalue weighted by Crippen LogP contribution is -2.40. The van der Waals surface area contributed by atoms with E-state index in [1.54, 1.807) is 13.2 Å². The van der Waals surface area contributed by atoms with Crippen LogP contribution < -0.4 is 10.6 Å². The summed E-state index contributed by atoms with van der Waals surface area (Å²) in [5.41, 5.74) is 0. The lowest BCUT2D eigenvalue weighted by Gasteiger charge is -2.16. The normalized spacial score (nSPS) is 12.2. The molecule has 1 heterocycles. The van der Waals surface area contributed by atoms with Crippen molar-refractivity contribution in [3.63, 3.8) is 0 Å².